The second-order valence-electron chi connectivity index (χ2n) is 24.6. The van der Waals surface area contributed by atoms with E-state index in [9.17, 15) is 39.3 Å². The molecule has 22 nitrogen and oxygen atoms in total. The summed E-state index contributed by atoms with van der Waals surface area (Å²) in [5, 5.41) is 37.3. The smallest absolute Gasteiger partial charge is 0.407 e. The molecule has 3 aliphatic heterocycles. The number of hydrogen-bond acceptors (Lipinski definition) is 20. The van der Waals surface area contributed by atoms with Crippen LogP contribution in [0.5, 0.6) is 0 Å². The van der Waals surface area contributed by atoms with Gasteiger partial charge in [0.05, 0.1) is 104 Å². The van der Waals surface area contributed by atoms with E-state index in [2.05, 4.69) is 5.32 Å². The number of Topliss-reactive ketones (excluding diaryl/α,β-unsaturated/α-hetero) is 2. The molecular formula is C67H112N2O20. The fourth-order valence-corrected chi connectivity index (χ4v) is 12.1. The van der Waals surface area contributed by atoms with E-state index >= 15 is 0 Å². The number of amides is 2. The maximum atomic E-state index is 14.6. The number of nitrogens with zero attached hydrogens (tertiary/aromatic N) is 1. The maximum Gasteiger partial charge on any atom is 0.407 e. The van der Waals surface area contributed by atoms with Crippen molar-refractivity contribution in [2.75, 3.05) is 120 Å². The second-order valence-corrected chi connectivity index (χ2v) is 24.6. The second kappa shape index (κ2) is 43.0. The molecule has 510 valence electrons. The predicted molar refractivity (Wildman–Crippen MR) is 334 cm³/mol. The van der Waals surface area contributed by atoms with E-state index in [1.165, 1.54) is 4.90 Å². The number of allylic oxidation sites excluding steroid dienone is 6. The highest BCUT2D eigenvalue weighted by Gasteiger charge is 2.53. The zero-order chi connectivity index (χ0) is 65.1. The Bertz CT molecular complexity index is 2190. The number of carbonyl (C=O) groups is 5. The summed E-state index contributed by atoms with van der Waals surface area (Å²) in [6.45, 7) is 21.8. The highest BCUT2D eigenvalue weighted by atomic mass is 16.6. The number of cyclic esters (lactones) is 1. The van der Waals surface area contributed by atoms with E-state index in [-0.39, 0.29) is 49.8 Å². The first kappa shape index (κ1) is 77.4. The van der Waals surface area contributed by atoms with Crippen molar-refractivity contribution >= 4 is 29.5 Å². The van der Waals surface area contributed by atoms with Gasteiger partial charge in [-0.1, -0.05) is 71.1 Å². The summed E-state index contributed by atoms with van der Waals surface area (Å²) in [6, 6.07) is -1.09. The van der Waals surface area contributed by atoms with Crippen LogP contribution in [0.4, 0.5) is 4.79 Å². The molecule has 2 amide bonds. The van der Waals surface area contributed by atoms with Crippen LogP contribution in [0.15, 0.2) is 47.6 Å². The Morgan fingerprint density at radius 3 is 1.91 bits per heavy atom. The monoisotopic (exact) mass is 1260 g/mol. The molecule has 1 aliphatic carbocycles. The first-order valence-electron chi connectivity index (χ1n) is 32.8. The van der Waals surface area contributed by atoms with E-state index in [1.54, 1.807) is 35.0 Å². The first-order chi connectivity index (χ1) is 42.7. The Balaban J connectivity index is 1.34. The van der Waals surface area contributed by atoms with Crippen LogP contribution < -0.4 is 5.32 Å². The molecule has 4 rings (SSSR count). The molecule has 3 heterocycles. The normalized spacial score (nSPS) is 32.6. The molecule has 0 radical (unpaired) electrons. The molecule has 15 atom stereocenters. The third-order valence-corrected chi connectivity index (χ3v) is 17.5. The van der Waals surface area contributed by atoms with Crippen molar-refractivity contribution in [2.45, 2.75) is 193 Å². The number of aliphatic hydroxyl groups is 3. The van der Waals surface area contributed by atoms with Gasteiger partial charge in [0.2, 0.25) is 5.79 Å². The molecule has 0 spiro atoms. The minimum absolute atomic E-state index is 0.0160. The van der Waals surface area contributed by atoms with Gasteiger partial charge >= 0.3 is 12.1 Å². The molecule has 1 saturated carbocycles. The quantitative estimate of drug-likeness (QED) is 0.0261. The van der Waals surface area contributed by atoms with E-state index in [4.69, 9.17) is 56.8 Å². The zero-order valence-electron chi connectivity index (χ0n) is 55.3. The molecule has 4 aliphatic rings. The number of carbonyl (C=O) groups excluding carboxylic acids is 5. The van der Waals surface area contributed by atoms with Gasteiger partial charge < -0.3 is 82.4 Å². The van der Waals surface area contributed by atoms with Crippen LogP contribution in [-0.4, -0.2) is 224 Å². The van der Waals surface area contributed by atoms with Crippen LogP contribution in [0.3, 0.4) is 0 Å². The number of nitrogens with one attached hydrogen (secondary N) is 1. The lowest BCUT2D eigenvalue weighted by Crippen LogP contribution is -2.61. The Morgan fingerprint density at radius 2 is 1.30 bits per heavy atom. The third-order valence-electron chi connectivity index (χ3n) is 17.5. The van der Waals surface area contributed by atoms with Gasteiger partial charge in [0, 0.05) is 52.2 Å². The number of ketones is 2. The molecular weight excluding hydrogens is 1150 g/mol. The standard InChI is InChI=1S/C67H112N2O20/c1-11-80-29-30-82-33-34-84-37-38-86-40-39-85-36-35-83-32-31-81-28-26-68-66(76)88-57-25-22-53(44-59(57)79-10)43-49(5)56-24-20-47(3)42-51(7)61(71)62(72)60(70)50(6)41-46(2)17-13-12-14-18-48(4)58(78-9)45-54-23-21-52(8)67(77,89-54)63(73)64(74)69-27-16-15-19-55(69)65(75)87-56/h12-14,17-18,42,46-47,49-50,52-59,61-62,71-72,77H,11,15-16,19-41,43-45H2,1-10H3,(H,68,76)/b14-12+,17-13+,48-18+,51-42+/t46-,47+,49-,50-,52-,53+,54+,55+,56+,57-,58+,59-,61-,62+,67-/m1/s1. The van der Waals surface area contributed by atoms with Crippen molar-refractivity contribution in [3.8, 4) is 0 Å². The number of hydrogen-bond donors (Lipinski definition) is 4. The van der Waals surface area contributed by atoms with Crippen LogP contribution in [0.1, 0.15) is 139 Å². The summed E-state index contributed by atoms with van der Waals surface area (Å²) < 4.78 is 68.7. The summed E-state index contributed by atoms with van der Waals surface area (Å²) in [6.07, 6.45) is 11.5. The lowest BCUT2D eigenvalue weighted by molar-refractivity contribution is -0.265. The molecule has 4 N–H and O–H groups in total. The van der Waals surface area contributed by atoms with E-state index in [0.717, 1.165) is 5.57 Å². The van der Waals surface area contributed by atoms with E-state index < -0.39 is 95.9 Å². The first-order valence-corrected chi connectivity index (χ1v) is 32.8. The number of methoxy groups -OCH3 is 2. The number of piperidine rings is 1. The van der Waals surface area contributed by atoms with Crippen LogP contribution in [-0.2, 0) is 76.0 Å². The molecule has 2 saturated heterocycles. The topological polar surface area (TPSA) is 272 Å². The average molecular weight is 1270 g/mol. The van der Waals surface area contributed by atoms with Crippen molar-refractivity contribution in [2.24, 2.45) is 35.5 Å². The fourth-order valence-electron chi connectivity index (χ4n) is 12.1. The summed E-state index contributed by atoms with van der Waals surface area (Å²) in [5.74, 6) is -7.20. The van der Waals surface area contributed by atoms with Gasteiger partial charge in [0.15, 0.2) is 5.78 Å². The number of alkyl carbamates (subject to hydrolysis) is 1. The maximum absolute atomic E-state index is 14.6. The van der Waals surface area contributed by atoms with Crippen molar-refractivity contribution in [1.29, 1.82) is 0 Å². The number of aliphatic hydroxyl groups excluding tert-OH is 2. The van der Waals surface area contributed by atoms with Gasteiger partial charge in [-0.05, 0) is 133 Å². The molecule has 0 unspecified atom stereocenters. The highest BCUT2D eigenvalue weighted by Crippen LogP contribution is 2.38. The Kier molecular flexibility index (Phi) is 37.4. The van der Waals surface area contributed by atoms with E-state index in [0.29, 0.717) is 169 Å². The molecule has 0 aromatic carbocycles. The fraction of sp³-hybridized carbons (Fsp3) is 0.806. The van der Waals surface area contributed by atoms with Crippen LogP contribution in [0, 0.1) is 35.5 Å². The summed E-state index contributed by atoms with van der Waals surface area (Å²) in [7, 11) is 3.17. The molecule has 3 fully saturated rings. The van der Waals surface area contributed by atoms with Gasteiger partial charge in [-0.25, -0.2) is 9.59 Å². The molecule has 89 heavy (non-hydrogen) atoms. The number of ether oxygens (including phenoxy) is 12. The molecule has 0 aromatic rings. The number of esters is 1. The number of rotatable bonds is 28. The average Bonchev–Trinajstić information content (AvgIpc) is 1.92. The Hall–Kier alpha value is -4.01. The van der Waals surface area contributed by atoms with Gasteiger partial charge in [-0.3, -0.25) is 14.4 Å². The van der Waals surface area contributed by atoms with Gasteiger partial charge in [-0.15, -0.1) is 0 Å². The van der Waals surface area contributed by atoms with Crippen molar-refractivity contribution < 1.29 is 96.1 Å². The summed E-state index contributed by atoms with van der Waals surface area (Å²) in [5.41, 5.74) is 1.31. The molecule has 2 bridgehead atoms. The van der Waals surface area contributed by atoms with Crippen LogP contribution >= 0.6 is 0 Å². The minimum atomic E-state index is -2.43. The van der Waals surface area contributed by atoms with E-state index in [1.807, 2.05) is 71.1 Å². The summed E-state index contributed by atoms with van der Waals surface area (Å²) in [4.78, 5) is 71.2. The van der Waals surface area contributed by atoms with Crippen molar-refractivity contribution in [3.05, 3.63) is 47.6 Å². The minimum Gasteiger partial charge on any atom is -0.461 e. The van der Waals surface area contributed by atoms with Crippen molar-refractivity contribution in [3.63, 3.8) is 0 Å². The molecule has 0 aromatic heterocycles. The lowest BCUT2D eigenvalue weighted by Gasteiger charge is -2.42. The Morgan fingerprint density at radius 1 is 0.685 bits per heavy atom. The van der Waals surface area contributed by atoms with Gasteiger partial charge in [0.1, 0.15) is 30.5 Å². The van der Waals surface area contributed by atoms with Gasteiger partial charge in [0.25, 0.3) is 11.7 Å². The largest absolute Gasteiger partial charge is 0.461 e. The van der Waals surface area contributed by atoms with Crippen LogP contribution in [0.25, 0.3) is 0 Å². The summed E-state index contributed by atoms with van der Waals surface area (Å²) >= 11 is 0. The molecule has 22 heteroatoms. The SMILES string of the molecule is CCOCCOCCOCCOCCOCCOCCOCCNC(=O)O[C@@H]1CC[C@@H](C[C@@H](C)[C@@H]2CC[C@H](C)/C=C(\C)[C@@H](O)[C@@H](O)C(=O)[C@H](C)C[C@H](C)/C=C/C=C/C=C(\C)[C@@H](OC)C[C@@H]3CC[C@@H](C)[C@@](O)(O3)C(=O)C(=O)N3CCCC[C@H]3C(=O)O2)C[C@H]1OC. The third kappa shape index (κ3) is 27.6. The predicted octanol–water partition coefficient (Wildman–Crippen LogP) is 7.22. The lowest BCUT2D eigenvalue weighted by atomic mass is 9.78. The van der Waals surface area contributed by atoms with Crippen molar-refractivity contribution in [1.82, 2.24) is 10.2 Å². The zero-order valence-corrected chi connectivity index (χ0v) is 55.3. The van der Waals surface area contributed by atoms with Crippen LogP contribution in [0.2, 0.25) is 0 Å². The highest BCUT2D eigenvalue weighted by molar-refractivity contribution is 6.39. The Labute approximate surface area is 530 Å². The van der Waals surface area contributed by atoms with Gasteiger partial charge in [-0.2, -0.15) is 0 Å². The number of fused-ring (bicyclic) bond motifs is 3.